The third-order valence-corrected chi connectivity index (χ3v) is 3.06. The summed E-state index contributed by atoms with van der Waals surface area (Å²) in [5.41, 5.74) is -0.815. The van der Waals surface area contributed by atoms with E-state index in [1.54, 1.807) is 0 Å². The maximum atomic E-state index is 13.5. The quantitative estimate of drug-likeness (QED) is 0.468. The maximum absolute atomic E-state index is 13.5. The van der Waals surface area contributed by atoms with Gasteiger partial charge in [-0.2, -0.15) is 0 Å². The summed E-state index contributed by atoms with van der Waals surface area (Å²) >= 11 is 0. The minimum absolute atomic E-state index is 0. The predicted octanol–water partition coefficient (Wildman–Crippen LogP) is 0.853. The first-order valence-electron chi connectivity index (χ1n) is 4.90. The SMILES string of the molecule is CO[C@H]1[C@H]2[CH-]O[C@@]1(COC(C)=O)C[C@H]2F.[U]. The van der Waals surface area contributed by atoms with Crippen LogP contribution < -0.4 is 0 Å². The van der Waals surface area contributed by atoms with Crippen molar-refractivity contribution in [2.75, 3.05) is 13.7 Å². The average Bonchev–Trinajstić information content (AvgIpc) is 2.66. The zero-order chi connectivity index (χ0) is 11.1. The third kappa shape index (κ3) is 2.31. The second-order valence-electron chi connectivity index (χ2n) is 4.05. The van der Waals surface area contributed by atoms with Gasteiger partial charge in [-0.05, 0) is 0 Å². The van der Waals surface area contributed by atoms with Crippen molar-refractivity contribution in [2.45, 2.75) is 31.2 Å². The zero-order valence-corrected chi connectivity index (χ0v) is 13.4. The van der Waals surface area contributed by atoms with Crippen LogP contribution in [0.15, 0.2) is 0 Å². The second kappa shape index (κ2) is 5.35. The van der Waals surface area contributed by atoms with Gasteiger partial charge in [0, 0.05) is 51.6 Å². The molecular weight excluding hydrogens is 441 g/mol. The molecule has 16 heavy (non-hydrogen) atoms. The zero-order valence-electron chi connectivity index (χ0n) is 9.23. The Labute approximate surface area is 118 Å². The monoisotopic (exact) mass is 455 g/mol. The Morgan fingerprint density at radius 1 is 1.69 bits per heavy atom. The van der Waals surface area contributed by atoms with Crippen LogP contribution in [0.25, 0.3) is 0 Å². The summed E-state index contributed by atoms with van der Waals surface area (Å²) in [5.74, 6) is -0.737. The Balaban J connectivity index is 0.00000128. The molecule has 2 bridgehead atoms. The fraction of sp³-hybridized carbons (Fsp3) is 0.800. The van der Waals surface area contributed by atoms with Crippen LogP contribution in [0.1, 0.15) is 13.3 Å². The summed E-state index contributed by atoms with van der Waals surface area (Å²) in [6.07, 6.45) is -1.11. The molecule has 4 nitrogen and oxygen atoms in total. The van der Waals surface area contributed by atoms with Crippen LogP contribution in [0.3, 0.4) is 0 Å². The molecule has 6 heteroatoms. The summed E-state index contributed by atoms with van der Waals surface area (Å²) in [4.78, 5) is 10.7. The summed E-state index contributed by atoms with van der Waals surface area (Å²) < 4.78 is 29.0. The standard InChI is InChI=1S/C10H14FO4.U/c1-6(12)14-5-10-3-8(11)7(4-15-10)9(10)13-2;/h4,7-9H,3,5H2,1-2H3;/q-1;/t7-,8+,9-,10+;/m0./s1. The van der Waals surface area contributed by atoms with Crippen molar-refractivity contribution in [2.24, 2.45) is 5.92 Å². The van der Waals surface area contributed by atoms with Gasteiger partial charge in [0.05, 0.1) is 17.9 Å². The number of rotatable bonds is 3. The first-order chi connectivity index (χ1) is 7.09. The number of esters is 1. The Morgan fingerprint density at radius 2 is 2.38 bits per heavy atom. The molecule has 0 amide bonds. The van der Waals surface area contributed by atoms with Gasteiger partial charge in [-0.25, -0.2) is 11.0 Å². The first kappa shape index (κ1) is 14.4. The Bertz CT molecular complexity index is 276. The number of carbonyl (C=O) groups is 1. The van der Waals surface area contributed by atoms with Crippen molar-refractivity contribution < 1.29 is 54.5 Å². The van der Waals surface area contributed by atoms with Crippen LogP contribution in [0.2, 0.25) is 0 Å². The molecular formula is C10H14FO4U-. The normalized spacial score (nSPS) is 40.6. The maximum Gasteiger partial charge on any atom is 0.302 e. The third-order valence-electron chi connectivity index (χ3n) is 3.06. The van der Waals surface area contributed by atoms with Crippen LogP contribution in [-0.2, 0) is 19.0 Å². The molecule has 1 heterocycles. The molecule has 2 rings (SSSR count). The van der Waals surface area contributed by atoms with Gasteiger partial charge in [-0.1, -0.05) is 5.92 Å². The fourth-order valence-electron chi connectivity index (χ4n) is 2.38. The predicted molar refractivity (Wildman–Crippen MR) is 48.5 cm³/mol. The van der Waals surface area contributed by atoms with Crippen molar-refractivity contribution in [1.82, 2.24) is 0 Å². The molecule has 1 saturated heterocycles. The van der Waals surface area contributed by atoms with E-state index >= 15 is 0 Å². The van der Waals surface area contributed by atoms with Gasteiger partial charge in [-0.3, -0.25) is 4.79 Å². The van der Waals surface area contributed by atoms with E-state index in [-0.39, 0.29) is 56.2 Å². The number of halogens is 1. The Hall–Kier alpha value is 0.372. The van der Waals surface area contributed by atoms with Gasteiger partial charge >= 0.3 is 5.97 Å². The van der Waals surface area contributed by atoms with Crippen molar-refractivity contribution in [1.29, 1.82) is 0 Å². The van der Waals surface area contributed by atoms with Crippen molar-refractivity contribution in [3.05, 3.63) is 6.61 Å². The van der Waals surface area contributed by atoms with E-state index in [1.807, 2.05) is 0 Å². The number of hydrogen-bond acceptors (Lipinski definition) is 4. The fourth-order valence-corrected chi connectivity index (χ4v) is 2.38. The largest absolute Gasteiger partial charge is 0.543 e. The van der Waals surface area contributed by atoms with Gasteiger partial charge in [0.2, 0.25) is 0 Å². The molecule has 2 aliphatic rings. The summed E-state index contributed by atoms with van der Waals surface area (Å²) in [6, 6.07) is 0. The molecule has 90 valence electrons. The molecule has 0 aromatic carbocycles. The summed E-state index contributed by atoms with van der Waals surface area (Å²) in [7, 11) is 1.51. The Kier molecular flexibility index (Phi) is 4.82. The van der Waals surface area contributed by atoms with E-state index in [4.69, 9.17) is 14.2 Å². The van der Waals surface area contributed by atoms with Gasteiger partial charge in [-0.15, -0.1) is 0 Å². The van der Waals surface area contributed by atoms with E-state index < -0.39 is 17.7 Å². The van der Waals surface area contributed by atoms with Gasteiger partial charge < -0.3 is 14.2 Å². The van der Waals surface area contributed by atoms with E-state index in [0.29, 0.717) is 0 Å². The summed E-state index contributed by atoms with van der Waals surface area (Å²) in [6.45, 7) is 2.83. The van der Waals surface area contributed by atoms with Gasteiger partial charge in [0.1, 0.15) is 6.61 Å². The molecule has 2 fully saturated rings. The molecule has 0 aromatic heterocycles. The van der Waals surface area contributed by atoms with Crippen molar-refractivity contribution in [3.8, 4) is 0 Å². The smallest absolute Gasteiger partial charge is 0.302 e. The van der Waals surface area contributed by atoms with Crippen molar-refractivity contribution >= 4 is 5.97 Å². The first-order valence-corrected chi connectivity index (χ1v) is 4.90. The minimum atomic E-state index is -0.973. The van der Waals surface area contributed by atoms with Crippen LogP contribution in [0.5, 0.6) is 0 Å². The molecule has 4 atom stereocenters. The number of hydrogen-bond donors (Lipinski definition) is 0. The number of methoxy groups -OCH3 is 1. The van der Waals surface area contributed by atoms with Crippen LogP contribution >= 0.6 is 0 Å². The number of fused-ring (bicyclic) bond motifs is 2. The summed E-state index contributed by atoms with van der Waals surface area (Å²) in [5, 5.41) is 0. The molecule has 0 unspecified atom stereocenters. The molecule has 1 aliphatic carbocycles. The molecule has 1 aliphatic heterocycles. The van der Waals surface area contributed by atoms with Crippen LogP contribution in [0.4, 0.5) is 4.39 Å². The van der Waals surface area contributed by atoms with Gasteiger partial charge in [0.25, 0.3) is 0 Å². The molecule has 0 radical (unpaired) electrons. The van der Waals surface area contributed by atoms with Crippen LogP contribution in [0, 0.1) is 43.6 Å². The van der Waals surface area contributed by atoms with E-state index in [0.717, 1.165) is 0 Å². The number of ether oxygens (including phenoxy) is 3. The van der Waals surface area contributed by atoms with E-state index in [1.165, 1.54) is 20.6 Å². The average molecular weight is 455 g/mol. The molecule has 0 aromatic rings. The van der Waals surface area contributed by atoms with E-state index in [2.05, 4.69) is 0 Å². The van der Waals surface area contributed by atoms with Gasteiger partial charge in [0.15, 0.2) is 0 Å². The number of carbonyl (C=O) groups excluding carboxylic acids is 1. The van der Waals surface area contributed by atoms with E-state index in [9.17, 15) is 9.18 Å². The molecule has 1 saturated carbocycles. The van der Waals surface area contributed by atoms with Crippen molar-refractivity contribution in [3.63, 3.8) is 0 Å². The molecule has 0 spiro atoms. The topological polar surface area (TPSA) is 44.8 Å². The van der Waals surface area contributed by atoms with Crippen LogP contribution in [-0.4, -0.2) is 37.6 Å². The Morgan fingerprint density at radius 3 is 2.88 bits per heavy atom. The minimum Gasteiger partial charge on any atom is -0.543 e. The number of alkyl halides is 1. The second-order valence-corrected chi connectivity index (χ2v) is 4.05. The molecule has 0 N–H and O–H groups in total.